The number of carbonyl (C=O) groups is 1. The molecular weight excluding hydrogens is 423 g/mol. The van der Waals surface area contributed by atoms with Crippen LogP contribution in [0.1, 0.15) is 35.8 Å². The Morgan fingerprint density at radius 2 is 2.03 bits per heavy atom. The number of nitrogens with one attached hydrogen (secondary N) is 1. The van der Waals surface area contributed by atoms with Crippen molar-refractivity contribution in [3.05, 3.63) is 58.1 Å². The Hall–Kier alpha value is -2.36. The van der Waals surface area contributed by atoms with Crippen LogP contribution in [0.15, 0.2) is 30.5 Å². The Morgan fingerprint density at radius 3 is 2.60 bits per heavy atom. The number of urea groups is 1. The number of aliphatic hydroxyl groups is 2. The Bertz CT molecular complexity index is 923. The van der Waals surface area contributed by atoms with Gasteiger partial charge in [-0.1, -0.05) is 17.7 Å². The Kier molecular flexibility index (Phi) is 6.84. The molecule has 1 aliphatic rings. The lowest BCUT2D eigenvalue weighted by Crippen LogP contribution is -2.45. The first-order chi connectivity index (χ1) is 14.3. The average molecular weight is 444 g/mol. The molecule has 2 heterocycles. The second kappa shape index (κ2) is 9.20. The highest BCUT2D eigenvalue weighted by atomic mass is 35.5. The number of aromatic nitrogens is 1. The van der Waals surface area contributed by atoms with Crippen LogP contribution in [0.2, 0.25) is 5.02 Å². The third-order valence-corrected chi connectivity index (χ3v) is 5.49. The van der Waals surface area contributed by atoms with Crippen molar-refractivity contribution < 1.29 is 28.2 Å². The molecule has 0 aliphatic carbocycles. The van der Waals surface area contributed by atoms with Crippen molar-refractivity contribution in [2.75, 3.05) is 25.0 Å². The van der Waals surface area contributed by atoms with Gasteiger partial charge >= 0.3 is 6.03 Å². The summed E-state index contributed by atoms with van der Waals surface area (Å²) in [4.78, 5) is 17.6. The van der Waals surface area contributed by atoms with E-state index in [-0.39, 0.29) is 42.2 Å². The number of rotatable bonds is 5. The molecular formula is C20H21ClF3N3O3. The molecule has 1 atom stereocenters. The van der Waals surface area contributed by atoms with Gasteiger partial charge in [-0.25, -0.2) is 18.0 Å². The minimum absolute atomic E-state index is 0.0285. The summed E-state index contributed by atoms with van der Waals surface area (Å²) < 4.78 is 42.5. The molecule has 10 heteroatoms. The Balaban J connectivity index is 1.65. The fourth-order valence-electron chi connectivity index (χ4n) is 3.31. The molecule has 0 unspecified atom stereocenters. The number of piperidine rings is 1. The van der Waals surface area contributed by atoms with Crippen molar-refractivity contribution in [3.63, 3.8) is 0 Å². The summed E-state index contributed by atoms with van der Waals surface area (Å²) in [6.07, 6.45) is -0.485. The maximum Gasteiger partial charge on any atom is 0.321 e. The van der Waals surface area contributed by atoms with Crippen molar-refractivity contribution in [2.24, 2.45) is 0 Å². The van der Waals surface area contributed by atoms with Crippen LogP contribution in [-0.2, 0) is 12.3 Å². The quantitative estimate of drug-likeness (QED) is 0.655. The highest BCUT2D eigenvalue weighted by Gasteiger charge is 2.41. The van der Waals surface area contributed by atoms with Gasteiger partial charge in [0.05, 0.1) is 6.61 Å². The zero-order chi connectivity index (χ0) is 21.9. The van der Waals surface area contributed by atoms with Crippen molar-refractivity contribution in [1.82, 2.24) is 9.88 Å². The van der Waals surface area contributed by atoms with Gasteiger partial charge in [-0.2, -0.15) is 0 Å². The molecule has 30 heavy (non-hydrogen) atoms. The summed E-state index contributed by atoms with van der Waals surface area (Å²) >= 11 is 5.93. The van der Waals surface area contributed by atoms with Crippen LogP contribution in [0.3, 0.4) is 0 Å². The molecule has 1 aromatic heterocycles. The molecule has 3 rings (SSSR count). The molecule has 1 aromatic carbocycles. The zero-order valence-electron chi connectivity index (χ0n) is 15.9. The number of nitrogens with zero attached hydrogens (tertiary/aromatic N) is 2. The molecule has 1 fully saturated rings. The molecule has 0 saturated carbocycles. The molecule has 2 aromatic rings. The number of amides is 2. The summed E-state index contributed by atoms with van der Waals surface area (Å²) in [5, 5.41) is 21.3. The number of pyridine rings is 1. The highest BCUT2D eigenvalue weighted by Crippen LogP contribution is 2.37. The first-order valence-electron chi connectivity index (χ1n) is 9.31. The molecule has 0 bridgehead atoms. The second-order valence-corrected chi connectivity index (χ2v) is 7.53. The van der Waals surface area contributed by atoms with Gasteiger partial charge in [0.25, 0.3) is 0 Å². The third-order valence-electron chi connectivity index (χ3n) is 5.14. The van der Waals surface area contributed by atoms with Gasteiger partial charge in [-0.05, 0) is 18.2 Å². The van der Waals surface area contributed by atoms with Crippen LogP contribution in [0.4, 0.5) is 23.7 Å². The molecule has 1 saturated heterocycles. The van der Waals surface area contributed by atoms with Gasteiger partial charge in [0.2, 0.25) is 0 Å². The van der Waals surface area contributed by atoms with Crippen LogP contribution >= 0.6 is 11.6 Å². The summed E-state index contributed by atoms with van der Waals surface area (Å²) in [6.45, 7) is -1.27. The Morgan fingerprint density at radius 1 is 1.33 bits per heavy atom. The third kappa shape index (κ3) is 4.69. The molecule has 0 radical (unpaired) electrons. The predicted molar refractivity (Wildman–Crippen MR) is 105 cm³/mol. The SMILES string of the molecule is O=C(Nc1ccc(CF)c(Cl)c1)N1CCC(F)(c2ncc([C@@H](O)CO)cc2F)CC1. The topological polar surface area (TPSA) is 85.7 Å². The first-order valence-corrected chi connectivity index (χ1v) is 9.69. The standard InChI is InChI=1S/C20H21ClF3N3O3/c21-15-8-14(2-1-12(15)9-22)26-19(30)27-5-3-20(24,4-6-27)18-16(23)7-13(10-25-18)17(29)11-28/h1-2,7-8,10,17,28-29H,3-6,9,11H2,(H,26,30)/t17-/m0/s1. The Labute approximate surface area is 176 Å². The van der Waals surface area contributed by atoms with Gasteiger partial charge in [0.15, 0.2) is 5.67 Å². The van der Waals surface area contributed by atoms with E-state index in [0.29, 0.717) is 11.3 Å². The second-order valence-electron chi connectivity index (χ2n) is 7.12. The van der Waals surface area contributed by atoms with Crippen molar-refractivity contribution in [2.45, 2.75) is 31.3 Å². The summed E-state index contributed by atoms with van der Waals surface area (Å²) in [6, 6.07) is 4.89. The van der Waals surface area contributed by atoms with E-state index in [1.807, 2.05) is 0 Å². The largest absolute Gasteiger partial charge is 0.393 e. The van der Waals surface area contributed by atoms with Crippen LogP contribution in [0.5, 0.6) is 0 Å². The molecule has 3 N–H and O–H groups in total. The van der Waals surface area contributed by atoms with Gasteiger partial charge < -0.3 is 20.4 Å². The minimum Gasteiger partial charge on any atom is -0.393 e. The molecule has 162 valence electrons. The number of halogens is 4. The van der Waals surface area contributed by atoms with Crippen LogP contribution in [0, 0.1) is 5.82 Å². The number of hydrogen-bond acceptors (Lipinski definition) is 4. The zero-order valence-corrected chi connectivity index (χ0v) is 16.7. The number of anilines is 1. The van der Waals surface area contributed by atoms with Crippen molar-refractivity contribution >= 4 is 23.3 Å². The van der Waals surface area contributed by atoms with E-state index in [4.69, 9.17) is 16.7 Å². The lowest BCUT2D eigenvalue weighted by atomic mass is 9.89. The predicted octanol–water partition coefficient (Wildman–Crippen LogP) is 3.86. The average Bonchev–Trinajstić information content (AvgIpc) is 2.73. The van der Waals surface area contributed by atoms with E-state index >= 15 is 4.39 Å². The fraction of sp³-hybridized carbons (Fsp3) is 0.400. The lowest BCUT2D eigenvalue weighted by molar-refractivity contribution is 0.0639. The van der Waals surface area contributed by atoms with E-state index < -0.39 is 36.9 Å². The number of likely N-dealkylation sites (tertiary alicyclic amines) is 1. The minimum atomic E-state index is -2.06. The fourth-order valence-corrected chi connectivity index (χ4v) is 3.54. The van der Waals surface area contributed by atoms with Crippen LogP contribution in [0.25, 0.3) is 0 Å². The monoisotopic (exact) mass is 443 g/mol. The van der Waals surface area contributed by atoms with Gasteiger partial charge in [0.1, 0.15) is 24.3 Å². The molecule has 6 nitrogen and oxygen atoms in total. The normalized spacial score (nSPS) is 16.9. The van der Waals surface area contributed by atoms with E-state index in [1.165, 1.54) is 23.1 Å². The summed E-state index contributed by atoms with van der Waals surface area (Å²) in [5.74, 6) is -0.914. The summed E-state index contributed by atoms with van der Waals surface area (Å²) in [5.41, 5.74) is -1.70. The molecule has 2 amide bonds. The van der Waals surface area contributed by atoms with Crippen LogP contribution < -0.4 is 5.32 Å². The van der Waals surface area contributed by atoms with Gasteiger partial charge in [-0.3, -0.25) is 4.98 Å². The van der Waals surface area contributed by atoms with Crippen LogP contribution in [-0.4, -0.2) is 45.8 Å². The van der Waals surface area contributed by atoms with Gasteiger partial charge in [0, 0.05) is 54.0 Å². The van der Waals surface area contributed by atoms with Gasteiger partial charge in [-0.15, -0.1) is 0 Å². The van der Waals surface area contributed by atoms with E-state index in [2.05, 4.69) is 10.3 Å². The lowest BCUT2D eigenvalue weighted by Gasteiger charge is -2.36. The maximum atomic E-state index is 15.4. The number of benzene rings is 1. The highest BCUT2D eigenvalue weighted by molar-refractivity contribution is 6.31. The van der Waals surface area contributed by atoms with E-state index in [9.17, 15) is 18.7 Å². The van der Waals surface area contributed by atoms with Crippen molar-refractivity contribution in [3.8, 4) is 0 Å². The molecule has 1 aliphatic heterocycles. The van der Waals surface area contributed by atoms with E-state index in [0.717, 1.165) is 12.3 Å². The number of alkyl halides is 2. The van der Waals surface area contributed by atoms with E-state index in [1.54, 1.807) is 0 Å². The molecule has 0 spiro atoms. The maximum absolute atomic E-state index is 15.4. The first kappa shape index (κ1) is 22.3. The summed E-state index contributed by atoms with van der Waals surface area (Å²) in [7, 11) is 0. The number of carbonyl (C=O) groups excluding carboxylic acids is 1. The number of aliphatic hydroxyl groups excluding tert-OH is 2. The smallest absolute Gasteiger partial charge is 0.321 e. The van der Waals surface area contributed by atoms with Crippen molar-refractivity contribution in [1.29, 1.82) is 0 Å². The number of hydrogen-bond donors (Lipinski definition) is 3.